The summed E-state index contributed by atoms with van der Waals surface area (Å²) in [6.45, 7) is 10.1. The molecule has 160 valence electrons. The Morgan fingerprint density at radius 2 is 1.70 bits per heavy atom. The van der Waals surface area contributed by atoms with E-state index in [2.05, 4.69) is 47.6 Å². The van der Waals surface area contributed by atoms with Crippen LogP contribution in [0.3, 0.4) is 0 Å². The number of anilines is 1. The summed E-state index contributed by atoms with van der Waals surface area (Å²) in [7, 11) is 0. The number of benzene rings is 2. The summed E-state index contributed by atoms with van der Waals surface area (Å²) in [6, 6.07) is 15.4. The second-order valence-corrected chi connectivity index (χ2v) is 8.57. The number of rotatable bonds is 7. The lowest BCUT2D eigenvalue weighted by molar-refractivity contribution is -0.115. The molecule has 1 aliphatic rings. The van der Waals surface area contributed by atoms with Crippen LogP contribution < -0.4 is 10.6 Å². The SMILES string of the molecule is CCC(=O)Nc1cccc(C(=O)NCc2ccccc2CN2CC(C)CC(C)C2)c1. The zero-order valence-electron chi connectivity index (χ0n) is 18.3. The Hall–Kier alpha value is -2.66. The fraction of sp³-hybridized carbons (Fsp3) is 0.440. The van der Waals surface area contributed by atoms with Crippen molar-refractivity contribution < 1.29 is 9.59 Å². The van der Waals surface area contributed by atoms with E-state index in [0.29, 0.717) is 24.2 Å². The molecule has 5 heteroatoms. The Balaban J connectivity index is 1.63. The molecule has 1 heterocycles. The second-order valence-electron chi connectivity index (χ2n) is 8.57. The maximum absolute atomic E-state index is 12.7. The first-order valence-corrected chi connectivity index (χ1v) is 10.9. The lowest BCUT2D eigenvalue weighted by Crippen LogP contribution is -2.38. The Bertz CT molecular complexity index is 870. The summed E-state index contributed by atoms with van der Waals surface area (Å²) in [5.41, 5.74) is 3.60. The topological polar surface area (TPSA) is 61.4 Å². The highest BCUT2D eigenvalue weighted by molar-refractivity contribution is 5.97. The van der Waals surface area contributed by atoms with Crippen molar-refractivity contribution in [3.8, 4) is 0 Å². The number of amides is 2. The van der Waals surface area contributed by atoms with Crippen molar-refractivity contribution in [3.05, 3.63) is 65.2 Å². The molecule has 1 saturated heterocycles. The first-order chi connectivity index (χ1) is 14.4. The molecule has 2 unspecified atom stereocenters. The van der Waals surface area contributed by atoms with E-state index < -0.39 is 0 Å². The van der Waals surface area contributed by atoms with Gasteiger partial charge in [0.1, 0.15) is 0 Å². The monoisotopic (exact) mass is 407 g/mol. The summed E-state index contributed by atoms with van der Waals surface area (Å²) >= 11 is 0. The number of piperidine rings is 1. The number of nitrogens with one attached hydrogen (secondary N) is 2. The number of carbonyl (C=O) groups excluding carboxylic acids is 2. The minimum Gasteiger partial charge on any atom is -0.348 e. The Kier molecular flexibility index (Phi) is 7.63. The van der Waals surface area contributed by atoms with E-state index in [9.17, 15) is 9.59 Å². The van der Waals surface area contributed by atoms with Crippen LogP contribution in [0.25, 0.3) is 0 Å². The molecule has 3 rings (SSSR count). The Morgan fingerprint density at radius 1 is 1.00 bits per heavy atom. The third-order valence-electron chi connectivity index (χ3n) is 5.63. The van der Waals surface area contributed by atoms with Crippen molar-refractivity contribution in [2.75, 3.05) is 18.4 Å². The van der Waals surface area contributed by atoms with Crippen molar-refractivity contribution in [3.63, 3.8) is 0 Å². The van der Waals surface area contributed by atoms with Crippen LogP contribution in [0.4, 0.5) is 5.69 Å². The maximum Gasteiger partial charge on any atom is 0.251 e. The molecule has 1 fully saturated rings. The Labute approximate surface area is 179 Å². The van der Waals surface area contributed by atoms with Gasteiger partial charge in [0.15, 0.2) is 0 Å². The lowest BCUT2D eigenvalue weighted by Gasteiger charge is -2.35. The van der Waals surface area contributed by atoms with Gasteiger partial charge in [-0.2, -0.15) is 0 Å². The molecule has 2 aromatic carbocycles. The van der Waals surface area contributed by atoms with E-state index in [1.807, 2.05) is 6.07 Å². The predicted molar refractivity (Wildman–Crippen MR) is 121 cm³/mol. The van der Waals surface area contributed by atoms with E-state index in [4.69, 9.17) is 0 Å². The minimum atomic E-state index is -0.141. The number of carbonyl (C=O) groups is 2. The maximum atomic E-state index is 12.7. The van der Waals surface area contributed by atoms with Gasteiger partial charge in [-0.15, -0.1) is 0 Å². The van der Waals surface area contributed by atoms with Crippen molar-refractivity contribution >= 4 is 17.5 Å². The van der Waals surface area contributed by atoms with Crippen molar-refractivity contribution in [1.29, 1.82) is 0 Å². The lowest BCUT2D eigenvalue weighted by atomic mass is 9.91. The van der Waals surface area contributed by atoms with Crippen molar-refractivity contribution in [2.45, 2.75) is 46.7 Å². The highest BCUT2D eigenvalue weighted by Gasteiger charge is 2.22. The zero-order valence-corrected chi connectivity index (χ0v) is 18.3. The standard InChI is InChI=1S/C25H33N3O2/c1-4-24(29)27-23-11-7-10-20(13-23)25(30)26-14-21-8-5-6-9-22(21)17-28-15-18(2)12-19(3)16-28/h5-11,13,18-19H,4,12,14-17H2,1-3H3,(H,26,30)(H,27,29). The van der Waals surface area contributed by atoms with Crippen LogP contribution in [0.15, 0.2) is 48.5 Å². The highest BCUT2D eigenvalue weighted by Crippen LogP contribution is 2.23. The molecule has 2 atom stereocenters. The molecule has 0 spiro atoms. The molecule has 0 radical (unpaired) electrons. The van der Waals surface area contributed by atoms with Crippen LogP contribution in [0, 0.1) is 11.8 Å². The van der Waals surface area contributed by atoms with E-state index in [1.54, 1.807) is 31.2 Å². The van der Waals surface area contributed by atoms with Gasteiger partial charge in [0.05, 0.1) is 0 Å². The van der Waals surface area contributed by atoms with E-state index >= 15 is 0 Å². The van der Waals surface area contributed by atoms with Crippen LogP contribution in [0.2, 0.25) is 0 Å². The van der Waals surface area contributed by atoms with Gasteiger partial charge in [-0.1, -0.05) is 51.1 Å². The predicted octanol–water partition coefficient (Wildman–Crippen LogP) is 4.44. The second kappa shape index (κ2) is 10.4. The van der Waals surface area contributed by atoms with Crippen LogP contribution in [-0.2, 0) is 17.9 Å². The molecular weight excluding hydrogens is 374 g/mol. The van der Waals surface area contributed by atoms with E-state index in [1.165, 1.54) is 12.0 Å². The average Bonchev–Trinajstić information content (AvgIpc) is 2.72. The average molecular weight is 408 g/mol. The number of hydrogen-bond donors (Lipinski definition) is 2. The molecule has 0 aliphatic carbocycles. The molecule has 1 aliphatic heterocycles. The van der Waals surface area contributed by atoms with Crippen LogP contribution in [0.5, 0.6) is 0 Å². The molecule has 2 amide bonds. The van der Waals surface area contributed by atoms with Crippen molar-refractivity contribution in [2.24, 2.45) is 11.8 Å². The summed E-state index contributed by atoms with van der Waals surface area (Å²) in [6.07, 6.45) is 1.70. The molecular formula is C25H33N3O2. The fourth-order valence-electron chi connectivity index (χ4n) is 4.31. The molecule has 5 nitrogen and oxygen atoms in total. The largest absolute Gasteiger partial charge is 0.348 e. The summed E-state index contributed by atoms with van der Waals surface area (Å²) in [5, 5.41) is 5.83. The minimum absolute atomic E-state index is 0.0668. The van der Waals surface area contributed by atoms with Gasteiger partial charge in [0.2, 0.25) is 5.91 Å². The first-order valence-electron chi connectivity index (χ1n) is 10.9. The van der Waals surface area contributed by atoms with Gasteiger partial charge < -0.3 is 10.6 Å². The quantitative estimate of drug-likeness (QED) is 0.713. The van der Waals surface area contributed by atoms with Crippen molar-refractivity contribution in [1.82, 2.24) is 10.2 Å². The smallest absolute Gasteiger partial charge is 0.251 e. The van der Waals surface area contributed by atoms with Gasteiger partial charge in [-0.05, 0) is 47.6 Å². The van der Waals surface area contributed by atoms with Gasteiger partial charge in [0.25, 0.3) is 5.91 Å². The summed E-state index contributed by atoms with van der Waals surface area (Å²) in [4.78, 5) is 26.8. The third-order valence-corrected chi connectivity index (χ3v) is 5.63. The van der Waals surface area contributed by atoms with Gasteiger partial charge >= 0.3 is 0 Å². The summed E-state index contributed by atoms with van der Waals surface area (Å²) < 4.78 is 0. The summed E-state index contributed by atoms with van der Waals surface area (Å²) in [5.74, 6) is 1.24. The molecule has 2 aromatic rings. The van der Waals surface area contributed by atoms with Gasteiger partial charge in [-0.3, -0.25) is 14.5 Å². The van der Waals surface area contributed by atoms with Gasteiger partial charge in [-0.25, -0.2) is 0 Å². The Morgan fingerprint density at radius 3 is 2.40 bits per heavy atom. The normalized spacial score (nSPS) is 19.3. The fourth-order valence-corrected chi connectivity index (χ4v) is 4.31. The van der Waals surface area contributed by atoms with E-state index in [0.717, 1.165) is 37.0 Å². The number of hydrogen-bond acceptors (Lipinski definition) is 3. The first kappa shape index (κ1) is 22.0. The molecule has 30 heavy (non-hydrogen) atoms. The van der Waals surface area contributed by atoms with E-state index in [-0.39, 0.29) is 11.8 Å². The van der Waals surface area contributed by atoms with Crippen LogP contribution >= 0.6 is 0 Å². The number of likely N-dealkylation sites (tertiary alicyclic amines) is 1. The van der Waals surface area contributed by atoms with Crippen LogP contribution in [-0.4, -0.2) is 29.8 Å². The van der Waals surface area contributed by atoms with Crippen LogP contribution in [0.1, 0.15) is 55.1 Å². The molecule has 0 bridgehead atoms. The highest BCUT2D eigenvalue weighted by atomic mass is 16.2. The third kappa shape index (κ3) is 6.17. The molecule has 2 N–H and O–H groups in total. The molecule has 0 aromatic heterocycles. The number of nitrogens with zero attached hydrogens (tertiary/aromatic N) is 1. The molecule has 0 saturated carbocycles. The zero-order chi connectivity index (χ0) is 21.5. The van der Waals surface area contributed by atoms with Gasteiger partial charge in [0, 0.05) is 43.9 Å².